The number of fused-ring (bicyclic) bond motifs is 3. The van der Waals surface area contributed by atoms with Crippen LogP contribution in [-0.4, -0.2) is 14.2 Å². The van der Waals surface area contributed by atoms with Gasteiger partial charge in [0.05, 0.1) is 14.2 Å². The van der Waals surface area contributed by atoms with Crippen LogP contribution in [0.1, 0.15) is 16.7 Å². The summed E-state index contributed by atoms with van der Waals surface area (Å²) in [5, 5.41) is 2.38. The molecule has 0 atom stereocenters. The molecule has 0 aliphatic carbocycles. The third-order valence-electron chi connectivity index (χ3n) is 5.72. The standard InChI is InChI=1S/C27H22O3/c1-28-22-12-8-20(9-13-22)27(21-10-14-23(29-2)15-11-21)18-17-25-24-6-4-3-5-19(24)7-16-26(25)30-27/h3-18H,1-2H3. The van der Waals surface area contributed by atoms with Gasteiger partial charge in [-0.2, -0.15) is 0 Å². The van der Waals surface area contributed by atoms with Crippen LogP contribution in [0.5, 0.6) is 17.2 Å². The molecule has 0 bridgehead atoms. The van der Waals surface area contributed by atoms with E-state index in [1.165, 1.54) is 10.8 Å². The lowest BCUT2D eigenvalue weighted by Gasteiger charge is -2.36. The molecule has 1 heterocycles. The van der Waals surface area contributed by atoms with Gasteiger partial charge in [-0.05, 0) is 53.3 Å². The first kappa shape index (κ1) is 18.3. The molecule has 30 heavy (non-hydrogen) atoms. The molecule has 0 radical (unpaired) electrons. The van der Waals surface area contributed by atoms with Gasteiger partial charge in [-0.15, -0.1) is 0 Å². The Kier molecular flexibility index (Phi) is 4.44. The summed E-state index contributed by atoms with van der Waals surface area (Å²) in [5.41, 5.74) is 2.42. The van der Waals surface area contributed by atoms with Gasteiger partial charge in [0, 0.05) is 16.7 Å². The lowest BCUT2D eigenvalue weighted by atomic mass is 9.83. The van der Waals surface area contributed by atoms with E-state index in [1.54, 1.807) is 14.2 Å². The van der Waals surface area contributed by atoms with Gasteiger partial charge in [-0.3, -0.25) is 0 Å². The van der Waals surface area contributed by atoms with E-state index in [4.69, 9.17) is 14.2 Å². The summed E-state index contributed by atoms with van der Waals surface area (Å²) in [5.74, 6) is 2.49. The van der Waals surface area contributed by atoms with Gasteiger partial charge in [-0.25, -0.2) is 0 Å². The summed E-state index contributed by atoms with van der Waals surface area (Å²) >= 11 is 0. The summed E-state index contributed by atoms with van der Waals surface area (Å²) in [6, 6.07) is 28.6. The van der Waals surface area contributed by atoms with E-state index < -0.39 is 5.60 Å². The van der Waals surface area contributed by atoms with E-state index in [0.29, 0.717) is 0 Å². The Bertz CT molecular complexity index is 1170. The predicted molar refractivity (Wildman–Crippen MR) is 120 cm³/mol. The van der Waals surface area contributed by atoms with Crippen LogP contribution in [0.3, 0.4) is 0 Å². The Morgan fingerprint density at radius 3 is 1.87 bits per heavy atom. The minimum atomic E-state index is -0.742. The van der Waals surface area contributed by atoms with E-state index >= 15 is 0 Å². The highest BCUT2D eigenvalue weighted by atomic mass is 16.5. The Balaban J connectivity index is 1.69. The minimum Gasteiger partial charge on any atom is -0.497 e. The highest BCUT2D eigenvalue weighted by molar-refractivity contribution is 5.94. The third kappa shape index (κ3) is 2.91. The zero-order valence-electron chi connectivity index (χ0n) is 17.0. The molecule has 148 valence electrons. The van der Waals surface area contributed by atoms with Gasteiger partial charge in [0.1, 0.15) is 17.2 Å². The molecule has 3 nitrogen and oxygen atoms in total. The van der Waals surface area contributed by atoms with Crippen LogP contribution >= 0.6 is 0 Å². The first-order chi connectivity index (χ1) is 14.7. The van der Waals surface area contributed by atoms with Gasteiger partial charge in [-0.1, -0.05) is 54.6 Å². The summed E-state index contributed by atoms with van der Waals surface area (Å²) in [4.78, 5) is 0. The number of rotatable bonds is 4. The molecule has 0 aromatic heterocycles. The summed E-state index contributed by atoms with van der Waals surface area (Å²) in [6.07, 6.45) is 4.32. The Hall–Kier alpha value is -3.72. The van der Waals surface area contributed by atoms with E-state index in [-0.39, 0.29) is 0 Å². The van der Waals surface area contributed by atoms with Crippen LogP contribution in [0.4, 0.5) is 0 Å². The third-order valence-corrected chi connectivity index (χ3v) is 5.72. The topological polar surface area (TPSA) is 27.7 Å². The Labute approximate surface area is 176 Å². The first-order valence-corrected chi connectivity index (χ1v) is 9.92. The molecule has 4 aromatic carbocycles. The molecule has 0 unspecified atom stereocenters. The number of hydrogen-bond donors (Lipinski definition) is 0. The first-order valence-electron chi connectivity index (χ1n) is 9.92. The molecule has 0 spiro atoms. The highest BCUT2D eigenvalue weighted by Gasteiger charge is 2.37. The van der Waals surface area contributed by atoms with Crippen LogP contribution in [0.2, 0.25) is 0 Å². The summed E-state index contributed by atoms with van der Waals surface area (Å²) in [7, 11) is 3.35. The van der Waals surface area contributed by atoms with Crippen molar-refractivity contribution in [3.63, 3.8) is 0 Å². The van der Waals surface area contributed by atoms with Crippen LogP contribution in [0, 0.1) is 0 Å². The van der Waals surface area contributed by atoms with Crippen molar-refractivity contribution in [2.24, 2.45) is 0 Å². The fourth-order valence-electron chi connectivity index (χ4n) is 4.10. The fraction of sp³-hybridized carbons (Fsp3) is 0.111. The second-order valence-electron chi connectivity index (χ2n) is 7.33. The van der Waals surface area contributed by atoms with E-state index in [0.717, 1.165) is 33.9 Å². The van der Waals surface area contributed by atoms with Crippen LogP contribution in [0.15, 0.2) is 91.0 Å². The second kappa shape index (κ2) is 7.27. The van der Waals surface area contributed by atoms with Gasteiger partial charge in [0.25, 0.3) is 0 Å². The van der Waals surface area contributed by atoms with Gasteiger partial charge in [0.15, 0.2) is 5.60 Å². The number of hydrogen-bond acceptors (Lipinski definition) is 3. The lowest BCUT2D eigenvalue weighted by molar-refractivity contribution is 0.161. The molecule has 1 aliphatic heterocycles. The maximum atomic E-state index is 6.78. The van der Waals surface area contributed by atoms with Gasteiger partial charge < -0.3 is 14.2 Å². The molecule has 0 fully saturated rings. The fourth-order valence-corrected chi connectivity index (χ4v) is 4.10. The molecule has 3 heteroatoms. The smallest absolute Gasteiger partial charge is 0.178 e. The number of benzene rings is 4. The predicted octanol–water partition coefficient (Wildman–Crippen LogP) is 6.21. The summed E-state index contributed by atoms with van der Waals surface area (Å²) in [6.45, 7) is 0. The second-order valence-corrected chi connectivity index (χ2v) is 7.33. The summed E-state index contributed by atoms with van der Waals surface area (Å²) < 4.78 is 17.5. The minimum absolute atomic E-state index is 0.742. The maximum Gasteiger partial charge on any atom is 0.178 e. The zero-order chi connectivity index (χ0) is 20.6. The van der Waals surface area contributed by atoms with Crippen molar-refractivity contribution < 1.29 is 14.2 Å². The number of methoxy groups -OCH3 is 2. The highest BCUT2D eigenvalue weighted by Crippen LogP contribution is 2.44. The Morgan fingerprint density at radius 2 is 1.27 bits per heavy atom. The normalized spacial score (nSPS) is 14.1. The van der Waals surface area contributed by atoms with E-state index in [2.05, 4.69) is 72.8 Å². The van der Waals surface area contributed by atoms with Crippen molar-refractivity contribution in [3.05, 3.63) is 108 Å². The van der Waals surface area contributed by atoms with E-state index in [1.807, 2.05) is 24.3 Å². The molecule has 0 N–H and O–H groups in total. The maximum absolute atomic E-state index is 6.78. The van der Waals surface area contributed by atoms with Crippen LogP contribution < -0.4 is 14.2 Å². The van der Waals surface area contributed by atoms with Crippen molar-refractivity contribution in [3.8, 4) is 17.2 Å². The van der Waals surface area contributed by atoms with Crippen molar-refractivity contribution in [1.82, 2.24) is 0 Å². The SMILES string of the molecule is COc1ccc(C2(c3ccc(OC)cc3)C=Cc3c(ccc4ccccc34)O2)cc1. The van der Waals surface area contributed by atoms with Gasteiger partial charge in [0.2, 0.25) is 0 Å². The average Bonchev–Trinajstić information content (AvgIpc) is 2.83. The van der Waals surface area contributed by atoms with Crippen LogP contribution in [0.25, 0.3) is 16.8 Å². The largest absolute Gasteiger partial charge is 0.497 e. The van der Waals surface area contributed by atoms with Crippen LogP contribution in [-0.2, 0) is 5.60 Å². The molecule has 0 saturated carbocycles. The zero-order valence-corrected chi connectivity index (χ0v) is 17.0. The quantitative estimate of drug-likeness (QED) is 0.412. The van der Waals surface area contributed by atoms with Crippen molar-refractivity contribution in [1.29, 1.82) is 0 Å². The Morgan fingerprint density at radius 1 is 0.667 bits per heavy atom. The molecular formula is C27H22O3. The van der Waals surface area contributed by atoms with Crippen molar-refractivity contribution >= 4 is 16.8 Å². The number of ether oxygens (including phenoxy) is 3. The molecule has 0 amide bonds. The molecule has 5 rings (SSSR count). The lowest BCUT2D eigenvalue weighted by Crippen LogP contribution is -2.34. The van der Waals surface area contributed by atoms with E-state index in [9.17, 15) is 0 Å². The molecule has 4 aromatic rings. The molecular weight excluding hydrogens is 372 g/mol. The molecule has 0 saturated heterocycles. The van der Waals surface area contributed by atoms with Gasteiger partial charge >= 0.3 is 0 Å². The molecule has 1 aliphatic rings. The average molecular weight is 394 g/mol. The monoisotopic (exact) mass is 394 g/mol. The van der Waals surface area contributed by atoms with Crippen molar-refractivity contribution in [2.45, 2.75) is 5.60 Å². The van der Waals surface area contributed by atoms with Crippen molar-refractivity contribution in [2.75, 3.05) is 14.2 Å².